The van der Waals surface area contributed by atoms with E-state index in [1.54, 1.807) is 11.1 Å². The van der Waals surface area contributed by atoms with Crippen molar-refractivity contribution < 1.29 is 0 Å². The van der Waals surface area contributed by atoms with Crippen LogP contribution < -0.4 is 0 Å². The fourth-order valence-electron chi connectivity index (χ4n) is 5.06. The second-order valence-electron chi connectivity index (χ2n) is 8.39. The lowest BCUT2D eigenvalue weighted by molar-refractivity contribution is 0.522. The molecule has 0 saturated heterocycles. The normalized spacial score (nSPS) is 23.1. The van der Waals surface area contributed by atoms with E-state index < -0.39 is 0 Å². The first kappa shape index (κ1) is 16.6. The zero-order chi connectivity index (χ0) is 18.7. The first-order valence-electron chi connectivity index (χ1n) is 10.1. The fraction of sp³-hybridized carbons (Fsp3) is 0.308. The van der Waals surface area contributed by atoms with Crippen LogP contribution in [0.3, 0.4) is 0 Å². The van der Waals surface area contributed by atoms with Gasteiger partial charge in [0, 0.05) is 24.4 Å². The molecule has 136 valence electrons. The largest absolute Gasteiger partial charge is 0.351 e. The van der Waals surface area contributed by atoms with E-state index in [-0.39, 0.29) is 0 Å². The van der Waals surface area contributed by atoms with Gasteiger partial charge >= 0.3 is 0 Å². The van der Waals surface area contributed by atoms with Crippen LogP contribution in [-0.2, 0) is 6.42 Å². The van der Waals surface area contributed by atoms with Crippen molar-refractivity contribution in [3.8, 4) is 0 Å². The molecule has 1 aromatic rings. The second kappa shape index (κ2) is 5.99. The van der Waals surface area contributed by atoms with E-state index in [1.165, 1.54) is 44.8 Å². The van der Waals surface area contributed by atoms with Crippen LogP contribution in [0.1, 0.15) is 44.7 Å². The summed E-state index contributed by atoms with van der Waals surface area (Å²) in [6.07, 6.45) is 13.2. The summed E-state index contributed by atoms with van der Waals surface area (Å²) in [6.45, 7) is 6.80. The summed E-state index contributed by atoms with van der Waals surface area (Å²) in [7, 11) is 2.21. The van der Waals surface area contributed by atoms with Crippen LogP contribution in [-0.4, -0.2) is 11.9 Å². The van der Waals surface area contributed by atoms with Gasteiger partial charge in [-0.15, -0.1) is 0 Å². The van der Waals surface area contributed by atoms with E-state index in [4.69, 9.17) is 0 Å². The molecule has 0 bridgehead atoms. The number of fused-ring (bicyclic) bond motifs is 3. The molecule has 27 heavy (non-hydrogen) atoms. The maximum absolute atomic E-state index is 2.48. The third kappa shape index (κ3) is 2.52. The lowest BCUT2D eigenvalue weighted by Gasteiger charge is -2.23. The van der Waals surface area contributed by atoms with Crippen LogP contribution in [0.2, 0.25) is 0 Å². The van der Waals surface area contributed by atoms with E-state index >= 15 is 0 Å². The van der Waals surface area contributed by atoms with Crippen molar-refractivity contribution in [2.24, 2.45) is 5.92 Å². The predicted molar refractivity (Wildman–Crippen MR) is 114 cm³/mol. The Balaban J connectivity index is 1.41. The average Bonchev–Trinajstić information content (AvgIpc) is 3.28. The minimum absolute atomic E-state index is 0.462. The minimum atomic E-state index is 0.462. The van der Waals surface area contributed by atoms with Crippen LogP contribution in [0.4, 0.5) is 0 Å². The van der Waals surface area contributed by atoms with Gasteiger partial charge in [0.2, 0.25) is 0 Å². The predicted octanol–water partition coefficient (Wildman–Crippen LogP) is 6.34. The summed E-state index contributed by atoms with van der Waals surface area (Å²) in [4.78, 5) is 2.38. The van der Waals surface area contributed by atoms with Crippen molar-refractivity contribution in [1.82, 2.24) is 4.90 Å². The Morgan fingerprint density at radius 3 is 2.63 bits per heavy atom. The van der Waals surface area contributed by atoms with E-state index in [0.717, 1.165) is 19.3 Å². The highest BCUT2D eigenvalue weighted by Crippen LogP contribution is 2.46. The highest BCUT2D eigenvalue weighted by Gasteiger charge is 2.33. The highest BCUT2D eigenvalue weighted by atomic mass is 15.1. The summed E-state index contributed by atoms with van der Waals surface area (Å²) in [6, 6.07) is 8.80. The Morgan fingerprint density at radius 2 is 1.81 bits per heavy atom. The number of hydrogen-bond acceptors (Lipinski definition) is 1. The van der Waals surface area contributed by atoms with Gasteiger partial charge < -0.3 is 4.90 Å². The summed E-state index contributed by atoms with van der Waals surface area (Å²) < 4.78 is 0. The molecule has 1 unspecified atom stereocenters. The van der Waals surface area contributed by atoms with Crippen LogP contribution in [0, 0.1) is 5.92 Å². The van der Waals surface area contributed by atoms with E-state index in [9.17, 15) is 0 Å². The SMILES string of the molecule is CC1=CC2=CC3C(=CC2=C1CCC1=Cc2ccccc2C1)N(C)C(C)=C3C. The standard InChI is InChI=1S/C26H27N/c1-16-11-22-14-24-17(2)18(3)27(4)26(24)15-25(22)23(16)10-9-19-12-20-7-5-6-8-21(20)13-19/h5-8,11-12,14-15,24H,9-10,13H2,1-4H3. The Kier molecular flexibility index (Phi) is 3.69. The average molecular weight is 354 g/mol. The molecule has 0 amide bonds. The van der Waals surface area contributed by atoms with Gasteiger partial charge in [0.15, 0.2) is 0 Å². The summed E-state index contributed by atoms with van der Waals surface area (Å²) in [5.41, 5.74) is 14.7. The molecule has 1 nitrogen and oxygen atoms in total. The number of allylic oxidation sites excluding steroid dienone is 9. The number of rotatable bonds is 3. The molecular weight excluding hydrogens is 326 g/mol. The zero-order valence-electron chi connectivity index (χ0n) is 16.8. The van der Waals surface area contributed by atoms with Crippen molar-refractivity contribution in [2.45, 2.75) is 40.0 Å². The Bertz CT molecular complexity index is 1040. The van der Waals surface area contributed by atoms with Gasteiger partial charge in [0.05, 0.1) is 0 Å². The van der Waals surface area contributed by atoms with Gasteiger partial charge in [-0.05, 0) is 85.1 Å². The maximum atomic E-state index is 2.48. The van der Waals surface area contributed by atoms with Gasteiger partial charge in [-0.25, -0.2) is 0 Å². The topological polar surface area (TPSA) is 3.24 Å². The molecule has 5 rings (SSSR count). The lowest BCUT2D eigenvalue weighted by Crippen LogP contribution is -2.15. The Hall–Kier alpha value is -2.54. The summed E-state index contributed by atoms with van der Waals surface area (Å²) in [5, 5.41) is 0. The van der Waals surface area contributed by atoms with Crippen LogP contribution >= 0.6 is 0 Å². The quantitative estimate of drug-likeness (QED) is 0.612. The molecule has 0 aromatic heterocycles. The third-order valence-corrected chi connectivity index (χ3v) is 6.90. The van der Waals surface area contributed by atoms with Crippen molar-refractivity contribution in [3.63, 3.8) is 0 Å². The Morgan fingerprint density at radius 1 is 1.00 bits per heavy atom. The third-order valence-electron chi connectivity index (χ3n) is 6.90. The molecule has 3 aliphatic carbocycles. The molecule has 1 heterocycles. The van der Waals surface area contributed by atoms with Crippen LogP contribution in [0.15, 0.2) is 87.3 Å². The van der Waals surface area contributed by atoms with E-state index in [2.05, 4.69) is 81.3 Å². The number of benzene rings is 1. The van der Waals surface area contributed by atoms with Gasteiger partial charge in [-0.3, -0.25) is 0 Å². The molecule has 1 heteroatoms. The van der Waals surface area contributed by atoms with Crippen molar-refractivity contribution in [3.05, 3.63) is 98.5 Å². The van der Waals surface area contributed by atoms with Crippen molar-refractivity contribution >= 4 is 6.08 Å². The molecule has 0 saturated carbocycles. The second-order valence-corrected chi connectivity index (χ2v) is 8.39. The van der Waals surface area contributed by atoms with E-state index in [1.807, 2.05) is 0 Å². The monoisotopic (exact) mass is 353 g/mol. The minimum Gasteiger partial charge on any atom is -0.351 e. The van der Waals surface area contributed by atoms with Crippen molar-refractivity contribution in [1.29, 1.82) is 0 Å². The summed E-state index contributed by atoms with van der Waals surface area (Å²) in [5.74, 6) is 0.462. The first-order chi connectivity index (χ1) is 13.0. The molecule has 0 spiro atoms. The molecular formula is C26H27N. The molecule has 0 fully saturated rings. The number of hydrogen-bond donors (Lipinski definition) is 0. The molecule has 1 aliphatic heterocycles. The molecule has 4 aliphatic rings. The Labute approximate surface area is 162 Å². The van der Waals surface area contributed by atoms with Gasteiger partial charge in [0.1, 0.15) is 0 Å². The molecule has 0 N–H and O–H groups in total. The van der Waals surface area contributed by atoms with Gasteiger partial charge in [0.25, 0.3) is 0 Å². The molecule has 1 atom stereocenters. The van der Waals surface area contributed by atoms with Gasteiger partial charge in [-0.2, -0.15) is 0 Å². The van der Waals surface area contributed by atoms with Crippen molar-refractivity contribution in [2.75, 3.05) is 7.05 Å². The number of nitrogens with zero attached hydrogens (tertiary/aromatic N) is 1. The fourth-order valence-corrected chi connectivity index (χ4v) is 5.06. The zero-order valence-corrected chi connectivity index (χ0v) is 16.8. The molecule has 0 radical (unpaired) electrons. The van der Waals surface area contributed by atoms with Gasteiger partial charge in [-0.1, -0.05) is 48.1 Å². The smallest absolute Gasteiger partial charge is 0.0408 e. The molecule has 1 aromatic carbocycles. The highest BCUT2D eigenvalue weighted by molar-refractivity contribution is 5.67. The lowest BCUT2D eigenvalue weighted by atomic mass is 9.87. The van der Waals surface area contributed by atoms with Crippen LogP contribution in [0.25, 0.3) is 6.08 Å². The first-order valence-corrected chi connectivity index (χ1v) is 10.1. The van der Waals surface area contributed by atoms with E-state index in [0.29, 0.717) is 5.92 Å². The summed E-state index contributed by atoms with van der Waals surface area (Å²) >= 11 is 0. The van der Waals surface area contributed by atoms with Crippen LogP contribution in [0.5, 0.6) is 0 Å². The maximum Gasteiger partial charge on any atom is 0.0408 e.